The molecule has 19 heavy (non-hydrogen) atoms. The highest BCUT2D eigenvalue weighted by molar-refractivity contribution is 5.94. The smallest absolute Gasteiger partial charge is 0.190 e. The summed E-state index contributed by atoms with van der Waals surface area (Å²) in [5, 5.41) is 21.4. The van der Waals surface area contributed by atoms with Crippen molar-refractivity contribution in [1.29, 1.82) is 0 Å². The molecule has 1 saturated carbocycles. The van der Waals surface area contributed by atoms with Crippen LogP contribution in [0, 0.1) is 0 Å². The van der Waals surface area contributed by atoms with Crippen molar-refractivity contribution in [3.05, 3.63) is 18.1 Å². The predicted molar refractivity (Wildman–Crippen MR) is 71.2 cm³/mol. The second-order valence-corrected chi connectivity index (χ2v) is 4.78. The van der Waals surface area contributed by atoms with E-state index < -0.39 is 0 Å². The molecule has 1 aromatic heterocycles. The van der Waals surface area contributed by atoms with E-state index in [1.54, 1.807) is 6.20 Å². The summed E-state index contributed by atoms with van der Waals surface area (Å²) in [4.78, 5) is 10.3. The number of hydrogen-bond acceptors (Lipinski definition) is 6. The van der Waals surface area contributed by atoms with E-state index in [0.29, 0.717) is 11.5 Å². The Balaban J connectivity index is 2.12. The molecule has 1 aliphatic carbocycles. The lowest BCUT2D eigenvalue weighted by molar-refractivity contribution is 0.106. The van der Waals surface area contributed by atoms with Crippen molar-refractivity contribution >= 4 is 11.7 Å². The Morgan fingerprint density at radius 3 is 2.68 bits per heavy atom. The molecule has 0 spiro atoms. The van der Waals surface area contributed by atoms with E-state index >= 15 is 0 Å². The fourth-order valence-electron chi connectivity index (χ4n) is 2.40. The molecule has 0 saturated heterocycles. The molecule has 1 aliphatic rings. The van der Waals surface area contributed by atoms with Crippen LogP contribution in [0.15, 0.2) is 17.5 Å². The van der Waals surface area contributed by atoms with Gasteiger partial charge in [0.15, 0.2) is 5.84 Å². The second kappa shape index (κ2) is 5.83. The molecule has 0 amide bonds. The van der Waals surface area contributed by atoms with Gasteiger partial charge in [-0.15, -0.1) is 0 Å². The lowest BCUT2D eigenvalue weighted by Crippen LogP contribution is -2.43. The van der Waals surface area contributed by atoms with Crippen LogP contribution in [0.1, 0.15) is 31.4 Å². The van der Waals surface area contributed by atoms with Gasteiger partial charge >= 0.3 is 0 Å². The summed E-state index contributed by atoms with van der Waals surface area (Å²) < 4.78 is 0. The van der Waals surface area contributed by atoms with E-state index in [9.17, 15) is 5.11 Å². The highest BCUT2D eigenvalue weighted by atomic mass is 16.4. The summed E-state index contributed by atoms with van der Waals surface area (Å²) in [7, 11) is 1.90. The quantitative estimate of drug-likeness (QED) is 0.314. The maximum Gasteiger partial charge on any atom is 0.190 e. The van der Waals surface area contributed by atoms with Crippen LogP contribution in [0.4, 0.5) is 5.82 Å². The zero-order valence-corrected chi connectivity index (χ0v) is 10.9. The van der Waals surface area contributed by atoms with Crippen LogP contribution < -0.4 is 10.6 Å². The first-order chi connectivity index (χ1) is 9.13. The normalized spacial score (nSPS) is 24.2. The Hall–Kier alpha value is -1.89. The highest BCUT2D eigenvalue weighted by Gasteiger charge is 2.27. The maximum absolute atomic E-state index is 10.0. The highest BCUT2D eigenvalue weighted by Crippen LogP contribution is 2.25. The molecule has 1 heterocycles. The maximum atomic E-state index is 10.0. The van der Waals surface area contributed by atoms with Crippen LogP contribution >= 0.6 is 0 Å². The van der Waals surface area contributed by atoms with E-state index in [1.165, 1.54) is 6.20 Å². The van der Waals surface area contributed by atoms with Crippen LogP contribution in [-0.2, 0) is 0 Å². The number of amidine groups is 1. The van der Waals surface area contributed by atoms with Crippen LogP contribution in [0.2, 0.25) is 0 Å². The molecule has 2 atom stereocenters. The number of nitrogens with two attached hydrogens (primary N) is 1. The molecule has 7 heteroatoms. The molecular weight excluding hydrogens is 246 g/mol. The Morgan fingerprint density at radius 2 is 2.11 bits per heavy atom. The number of likely N-dealkylation sites (N-methyl/N-ethyl adjacent to an activating group) is 1. The molecule has 1 aromatic rings. The van der Waals surface area contributed by atoms with Crippen molar-refractivity contribution in [2.45, 2.75) is 37.8 Å². The number of oxime groups is 1. The van der Waals surface area contributed by atoms with Gasteiger partial charge in [0.25, 0.3) is 0 Å². The van der Waals surface area contributed by atoms with Gasteiger partial charge in [-0.2, -0.15) is 0 Å². The average molecular weight is 265 g/mol. The van der Waals surface area contributed by atoms with Crippen LogP contribution in [0.25, 0.3) is 0 Å². The second-order valence-electron chi connectivity index (χ2n) is 4.78. The molecule has 104 valence electrons. The van der Waals surface area contributed by atoms with Gasteiger partial charge in [-0.05, 0) is 12.8 Å². The third kappa shape index (κ3) is 2.93. The van der Waals surface area contributed by atoms with Gasteiger partial charge in [0.1, 0.15) is 11.5 Å². The minimum Gasteiger partial charge on any atom is -0.409 e. The van der Waals surface area contributed by atoms with Gasteiger partial charge < -0.3 is 20.9 Å². The van der Waals surface area contributed by atoms with Crippen molar-refractivity contribution in [2.75, 3.05) is 11.9 Å². The first-order valence-electron chi connectivity index (χ1n) is 6.34. The van der Waals surface area contributed by atoms with Crippen LogP contribution in [-0.4, -0.2) is 45.3 Å². The van der Waals surface area contributed by atoms with Gasteiger partial charge in [0, 0.05) is 7.05 Å². The number of nitrogens with zero attached hydrogens (tertiary/aromatic N) is 4. The van der Waals surface area contributed by atoms with E-state index in [4.69, 9.17) is 10.9 Å². The van der Waals surface area contributed by atoms with Crippen molar-refractivity contribution in [3.8, 4) is 0 Å². The Bertz CT molecular complexity index is 448. The number of aromatic nitrogens is 2. The lowest BCUT2D eigenvalue weighted by atomic mass is 9.92. The molecular formula is C12H19N5O2. The van der Waals surface area contributed by atoms with Crippen molar-refractivity contribution < 1.29 is 10.3 Å². The topological polar surface area (TPSA) is 108 Å². The fraction of sp³-hybridized carbons (Fsp3) is 0.583. The minimum atomic E-state index is -0.329. The largest absolute Gasteiger partial charge is 0.409 e. The lowest BCUT2D eigenvalue weighted by Gasteiger charge is -2.35. The summed E-state index contributed by atoms with van der Waals surface area (Å²) in [6.45, 7) is 0. The molecule has 2 unspecified atom stereocenters. The van der Waals surface area contributed by atoms with Crippen molar-refractivity contribution in [2.24, 2.45) is 10.9 Å². The van der Waals surface area contributed by atoms with Crippen molar-refractivity contribution in [3.63, 3.8) is 0 Å². The van der Waals surface area contributed by atoms with Gasteiger partial charge in [-0.1, -0.05) is 18.0 Å². The summed E-state index contributed by atoms with van der Waals surface area (Å²) in [6, 6.07) is 0.0674. The number of aliphatic hydroxyl groups is 1. The summed E-state index contributed by atoms with van der Waals surface area (Å²) in [5.74, 6) is 0.597. The average Bonchev–Trinajstić information content (AvgIpc) is 2.46. The van der Waals surface area contributed by atoms with Crippen LogP contribution in [0.5, 0.6) is 0 Å². The molecule has 0 aromatic carbocycles. The van der Waals surface area contributed by atoms with Gasteiger partial charge in [-0.3, -0.25) is 0 Å². The summed E-state index contributed by atoms with van der Waals surface area (Å²) in [5.41, 5.74) is 5.75. The third-order valence-electron chi connectivity index (χ3n) is 3.56. The van der Waals surface area contributed by atoms with Crippen molar-refractivity contribution in [1.82, 2.24) is 9.97 Å². The Labute approximate surface area is 111 Å². The standard InChI is InChI=1S/C12H19N5O2/c1-17(9-4-2-3-5-10(9)18)11-7-14-8(6-15-11)12(13)16-19/h6-7,9-10,18-19H,2-5H2,1H3,(H2,13,16). The number of aliphatic hydroxyl groups excluding tert-OH is 1. The number of anilines is 1. The molecule has 7 nitrogen and oxygen atoms in total. The Kier molecular flexibility index (Phi) is 4.16. The molecule has 0 radical (unpaired) electrons. The summed E-state index contributed by atoms with van der Waals surface area (Å²) >= 11 is 0. The molecule has 4 N–H and O–H groups in total. The molecule has 1 fully saturated rings. The SMILES string of the molecule is CN(c1cnc(C(N)=NO)cn1)C1CCCCC1O. The monoisotopic (exact) mass is 265 g/mol. The van der Waals surface area contributed by atoms with Gasteiger partial charge in [0.05, 0.1) is 24.5 Å². The third-order valence-corrected chi connectivity index (χ3v) is 3.56. The summed E-state index contributed by atoms with van der Waals surface area (Å²) in [6.07, 6.45) is 6.64. The first kappa shape index (κ1) is 13.5. The van der Waals surface area contributed by atoms with Gasteiger partial charge in [-0.25, -0.2) is 9.97 Å². The van der Waals surface area contributed by atoms with E-state index in [1.807, 2.05) is 11.9 Å². The fourth-order valence-corrected chi connectivity index (χ4v) is 2.40. The molecule has 2 rings (SSSR count). The number of rotatable bonds is 3. The van der Waals surface area contributed by atoms with Gasteiger partial charge in [0.2, 0.25) is 0 Å². The predicted octanol–water partition coefficient (Wildman–Crippen LogP) is 0.311. The zero-order chi connectivity index (χ0) is 13.8. The Morgan fingerprint density at radius 1 is 1.37 bits per heavy atom. The van der Waals surface area contributed by atoms with E-state index in [0.717, 1.165) is 25.7 Å². The van der Waals surface area contributed by atoms with E-state index in [2.05, 4.69) is 15.1 Å². The van der Waals surface area contributed by atoms with Crippen LogP contribution in [0.3, 0.4) is 0 Å². The molecule has 0 bridgehead atoms. The van der Waals surface area contributed by atoms with E-state index in [-0.39, 0.29) is 18.0 Å². The minimum absolute atomic E-state index is 0.0674. The molecule has 0 aliphatic heterocycles. The first-order valence-corrected chi connectivity index (χ1v) is 6.34. The zero-order valence-electron chi connectivity index (χ0n) is 10.9. The number of hydrogen-bond donors (Lipinski definition) is 3.